The molecule has 0 heterocycles. The van der Waals surface area contributed by atoms with Crippen molar-refractivity contribution in [3.05, 3.63) is 48.0 Å². The second kappa shape index (κ2) is 5.66. The minimum atomic E-state index is -3.64. The summed E-state index contributed by atoms with van der Waals surface area (Å²) in [4.78, 5) is -0.0548. The van der Waals surface area contributed by atoms with E-state index in [1.165, 1.54) is 31.3 Å². The fraction of sp³-hybridized carbons (Fsp3) is 0.0769. The Morgan fingerprint density at radius 3 is 2.19 bits per heavy atom. The average molecular weight is 313 g/mol. The van der Waals surface area contributed by atoms with Crippen molar-refractivity contribution in [2.75, 3.05) is 18.1 Å². The van der Waals surface area contributed by atoms with Crippen LogP contribution in [0.2, 0.25) is 0 Å². The van der Waals surface area contributed by atoms with Gasteiger partial charge in [0.15, 0.2) is 11.6 Å². The summed E-state index contributed by atoms with van der Waals surface area (Å²) in [5.74, 6) is -1.93. The molecule has 0 aliphatic rings. The molecule has 0 saturated carbocycles. The summed E-state index contributed by atoms with van der Waals surface area (Å²) in [6, 6.07) is 7.52. The fourth-order valence-corrected chi connectivity index (χ4v) is 2.56. The summed E-state index contributed by atoms with van der Waals surface area (Å²) in [6.45, 7) is 0. The van der Waals surface area contributed by atoms with Gasteiger partial charge >= 0.3 is 0 Å². The van der Waals surface area contributed by atoms with Gasteiger partial charge in [0.25, 0.3) is 0 Å². The van der Waals surface area contributed by atoms with E-state index in [1.807, 2.05) is 0 Å². The van der Waals surface area contributed by atoms with Crippen LogP contribution < -0.4 is 15.8 Å². The van der Waals surface area contributed by atoms with Gasteiger partial charge < -0.3 is 11.1 Å². The van der Waals surface area contributed by atoms with Crippen molar-refractivity contribution < 1.29 is 17.2 Å². The molecule has 0 saturated heterocycles. The predicted molar refractivity (Wildman–Crippen MR) is 76.7 cm³/mol. The van der Waals surface area contributed by atoms with Gasteiger partial charge in [0.2, 0.25) is 10.0 Å². The molecule has 21 heavy (non-hydrogen) atoms. The van der Waals surface area contributed by atoms with Crippen molar-refractivity contribution in [3.8, 4) is 0 Å². The number of sulfonamides is 1. The van der Waals surface area contributed by atoms with Crippen LogP contribution in [-0.4, -0.2) is 15.5 Å². The van der Waals surface area contributed by atoms with Crippen LogP contribution in [0.15, 0.2) is 41.3 Å². The molecule has 0 spiro atoms. The van der Waals surface area contributed by atoms with Crippen LogP contribution in [0, 0.1) is 11.6 Å². The Morgan fingerprint density at radius 2 is 1.62 bits per heavy atom. The van der Waals surface area contributed by atoms with Crippen molar-refractivity contribution in [1.29, 1.82) is 0 Å². The van der Waals surface area contributed by atoms with Gasteiger partial charge in [0.05, 0.1) is 5.69 Å². The second-order valence-electron chi connectivity index (χ2n) is 4.21. The van der Waals surface area contributed by atoms with Crippen LogP contribution in [0.3, 0.4) is 0 Å². The summed E-state index contributed by atoms with van der Waals surface area (Å²) in [7, 11) is -2.36. The minimum absolute atomic E-state index is 0.0388. The molecule has 0 atom stereocenters. The van der Waals surface area contributed by atoms with E-state index in [1.54, 1.807) is 0 Å². The number of benzene rings is 2. The fourth-order valence-electron chi connectivity index (χ4n) is 1.72. The number of nitrogens with one attached hydrogen (secondary N) is 2. The number of nitrogen functional groups attached to an aromatic ring is 1. The molecule has 112 valence electrons. The predicted octanol–water partition coefficient (Wildman–Crippen LogP) is 2.20. The lowest BCUT2D eigenvalue weighted by Crippen LogP contribution is -2.19. The third kappa shape index (κ3) is 3.29. The smallest absolute Gasteiger partial charge is 0.242 e. The Kier molecular flexibility index (Phi) is 4.10. The summed E-state index contributed by atoms with van der Waals surface area (Å²) >= 11 is 0. The van der Waals surface area contributed by atoms with Gasteiger partial charge in [-0.25, -0.2) is 21.9 Å². The van der Waals surface area contributed by atoms with E-state index >= 15 is 0 Å². The summed E-state index contributed by atoms with van der Waals surface area (Å²) in [5, 5.41) is 2.81. The molecule has 5 nitrogen and oxygen atoms in total. The first-order chi connectivity index (χ1) is 9.83. The lowest BCUT2D eigenvalue weighted by atomic mass is 10.2. The van der Waals surface area contributed by atoms with Gasteiger partial charge in [0.1, 0.15) is 4.90 Å². The Balaban J connectivity index is 2.30. The van der Waals surface area contributed by atoms with Gasteiger partial charge in [-0.1, -0.05) is 0 Å². The minimum Gasteiger partial charge on any atom is -0.398 e. The van der Waals surface area contributed by atoms with Gasteiger partial charge in [-0.2, -0.15) is 0 Å². The number of halogens is 2. The lowest BCUT2D eigenvalue weighted by molar-refractivity contribution is 0.509. The maximum atomic E-state index is 13.1. The SMILES string of the molecule is CNS(=O)(=O)c1ccc(Nc2ccc(F)c(F)c2)cc1N. The first kappa shape index (κ1) is 15.2. The van der Waals surface area contributed by atoms with Crippen molar-refractivity contribution in [3.63, 3.8) is 0 Å². The Bertz CT molecular complexity index is 779. The zero-order valence-corrected chi connectivity index (χ0v) is 11.8. The van der Waals surface area contributed by atoms with E-state index < -0.39 is 21.7 Å². The van der Waals surface area contributed by atoms with Crippen LogP contribution in [-0.2, 0) is 10.0 Å². The van der Waals surface area contributed by atoms with Gasteiger partial charge in [-0.05, 0) is 37.4 Å². The van der Waals surface area contributed by atoms with E-state index in [2.05, 4.69) is 10.0 Å². The van der Waals surface area contributed by atoms with Crippen molar-refractivity contribution >= 4 is 27.1 Å². The topological polar surface area (TPSA) is 84.2 Å². The number of nitrogens with two attached hydrogens (primary N) is 1. The zero-order chi connectivity index (χ0) is 15.6. The maximum Gasteiger partial charge on any atom is 0.242 e. The second-order valence-corrected chi connectivity index (χ2v) is 6.07. The van der Waals surface area contributed by atoms with Crippen molar-refractivity contribution in [2.45, 2.75) is 4.90 Å². The molecule has 8 heteroatoms. The molecular formula is C13H13F2N3O2S. The molecular weight excluding hydrogens is 300 g/mol. The molecule has 0 fully saturated rings. The first-order valence-electron chi connectivity index (χ1n) is 5.88. The van der Waals surface area contributed by atoms with E-state index in [9.17, 15) is 17.2 Å². The number of hydrogen-bond donors (Lipinski definition) is 3. The van der Waals surface area contributed by atoms with E-state index in [4.69, 9.17) is 5.73 Å². The molecule has 0 aromatic heterocycles. The van der Waals surface area contributed by atoms with Crippen LogP contribution in [0.5, 0.6) is 0 Å². The average Bonchev–Trinajstić information content (AvgIpc) is 2.43. The number of hydrogen-bond acceptors (Lipinski definition) is 4. The molecule has 0 radical (unpaired) electrons. The summed E-state index contributed by atoms with van der Waals surface area (Å²) < 4.78 is 51.4. The largest absolute Gasteiger partial charge is 0.398 e. The molecule has 2 rings (SSSR count). The van der Waals surface area contributed by atoms with Gasteiger partial charge in [0, 0.05) is 17.4 Å². The van der Waals surface area contributed by atoms with Crippen LogP contribution in [0.1, 0.15) is 0 Å². The zero-order valence-electron chi connectivity index (χ0n) is 11.0. The standard InChI is InChI=1S/C13H13F2N3O2S/c1-17-21(19,20)13-5-3-9(7-12(13)16)18-8-2-4-10(14)11(15)6-8/h2-7,17-18H,16H2,1H3. The van der Waals surface area contributed by atoms with Gasteiger partial charge in [-0.15, -0.1) is 0 Å². The van der Waals surface area contributed by atoms with E-state index in [-0.39, 0.29) is 10.6 Å². The molecule has 2 aromatic carbocycles. The van der Waals surface area contributed by atoms with Crippen molar-refractivity contribution in [1.82, 2.24) is 4.72 Å². The van der Waals surface area contributed by atoms with Crippen molar-refractivity contribution in [2.24, 2.45) is 0 Å². The highest BCUT2D eigenvalue weighted by Gasteiger charge is 2.15. The van der Waals surface area contributed by atoms with Gasteiger partial charge in [-0.3, -0.25) is 0 Å². The van der Waals surface area contributed by atoms with E-state index in [0.29, 0.717) is 11.4 Å². The van der Waals surface area contributed by atoms with Crippen LogP contribution in [0.25, 0.3) is 0 Å². The highest BCUT2D eigenvalue weighted by atomic mass is 32.2. The van der Waals surface area contributed by atoms with Crippen LogP contribution in [0.4, 0.5) is 25.8 Å². The molecule has 2 aromatic rings. The summed E-state index contributed by atoms with van der Waals surface area (Å²) in [6.07, 6.45) is 0. The first-order valence-corrected chi connectivity index (χ1v) is 7.37. The molecule has 4 N–H and O–H groups in total. The number of anilines is 3. The third-order valence-electron chi connectivity index (χ3n) is 2.78. The highest BCUT2D eigenvalue weighted by Crippen LogP contribution is 2.25. The Morgan fingerprint density at radius 1 is 1.00 bits per heavy atom. The molecule has 0 amide bonds. The van der Waals surface area contributed by atoms with E-state index in [0.717, 1.165) is 12.1 Å². The van der Waals surface area contributed by atoms with Crippen LogP contribution >= 0.6 is 0 Å². The summed E-state index contributed by atoms with van der Waals surface area (Å²) in [5.41, 5.74) is 6.51. The molecule has 0 bridgehead atoms. The Hall–Kier alpha value is -2.19. The lowest BCUT2D eigenvalue weighted by Gasteiger charge is -2.10. The number of rotatable bonds is 4. The monoisotopic (exact) mass is 313 g/mol. The molecule has 0 unspecified atom stereocenters. The maximum absolute atomic E-state index is 13.1. The third-order valence-corrected chi connectivity index (χ3v) is 4.26. The normalized spacial score (nSPS) is 11.4. The quantitative estimate of drug-likeness (QED) is 0.756. The Labute approximate surface area is 120 Å². The molecule has 0 aliphatic heterocycles. The molecule has 0 aliphatic carbocycles. The highest BCUT2D eigenvalue weighted by molar-refractivity contribution is 7.89.